The number of anilines is 2. The summed E-state index contributed by atoms with van der Waals surface area (Å²) in [7, 11) is 3.43. The Balaban J connectivity index is 2.26. The number of ether oxygens (including phenoxy) is 1. The molecule has 2 aromatic rings. The topological polar surface area (TPSA) is 152 Å². The van der Waals surface area contributed by atoms with Crippen molar-refractivity contribution in [2.24, 2.45) is 0 Å². The molecule has 0 aliphatic rings. The van der Waals surface area contributed by atoms with Gasteiger partial charge in [0.05, 0.1) is 19.2 Å². The first-order valence-electron chi connectivity index (χ1n) is 10.7. The fraction of sp³-hybridized carbons (Fsp3) is 0.348. The molecule has 1 aromatic carbocycles. The maximum atomic E-state index is 12.8. The Morgan fingerprint density at radius 1 is 1.29 bits per heavy atom. The number of aromatic nitrogens is 1. The van der Waals surface area contributed by atoms with Gasteiger partial charge in [-0.05, 0) is 32.2 Å². The van der Waals surface area contributed by atoms with Gasteiger partial charge in [0.2, 0.25) is 5.91 Å². The number of rotatable bonds is 11. The van der Waals surface area contributed by atoms with Crippen molar-refractivity contribution in [2.45, 2.75) is 13.5 Å². The molecular weight excluding hydrogens is 470 g/mol. The van der Waals surface area contributed by atoms with E-state index < -0.39 is 5.91 Å². The number of carbonyl (C=O) groups is 2. The first-order chi connectivity index (χ1) is 16.8. The Labute approximate surface area is 206 Å². The monoisotopic (exact) mass is 497 g/mol. The number of nitrogens with one attached hydrogen (secondary N) is 3. The van der Waals surface area contributed by atoms with E-state index in [-0.39, 0.29) is 45.9 Å². The zero-order valence-corrected chi connectivity index (χ0v) is 20.6. The molecule has 3 N–H and O–H groups in total. The lowest BCUT2D eigenvalue weighted by Gasteiger charge is -2.15. The third kappa shape index (κ3) is 7.79. The number of nitrogens with zero attached hydrogens (tertiary/aromatic N) is 4. The Morgan fingerprint density at radius 2 is 2.03 bits per heavy atom. The lowest BCUT2D eigenvalue weighted by atomic mass is 10.2. The predicted octanol–water partition coefficient (Wildman–Crippen LogP) is -0.389. The number of amides is 2. The second-order valence-corrected chi connectivity index (χ2v) is 8.33. The first-order valence-corrected chi connectivity index (χ1v) is 11.5. The highest BCUT2D eigenvalue weighted by Gasteiger charge is 2.15. The van der Waals surface area contributed by atoms with Crippen molar-refractivity contribution in [3.63, 3.8) is 0 Å². The van der Waals surface area contributed by atoms with Gasteiger partial charge in [0, 0.05) is 37.8 Å². The van der Waals surface area contributed by atoms with Crippen LogP contribution in [0.2, 0.25) is 0 Å². The molecule has 0 saturated heterocycles. The highest BCUT2D eigenvalue weighted by molar-refractivity contribution is 7.07. The van der Waals surface area contributed by atoms with Crippen LogP contribution in [-0.4, -0.2) is 61.7 Å². The number of thiazole rings is 1. The Hall–Kier alpha value is -3.97. The molecule has 0 spiro atoms. The van der Waals surface area contributed by atoms with Gasteiger partial charge in [-0.3, -0.25) is 23.9 Å². The minimum absolute atomic E-state index is 0.173. The standard InChI is InChI=1S/C23H27N7O4S/c1-4-30-22(33)19(35-23(30)18(13-25)21(32)26-9-8-24)14-27-16-6-5-7-17(12-16)28-20(31)15-29(2)10-11-34-3/h5-7,12,14,27H,4,9-11,15H2,1-3H3,(H,26,32)(H,28,31). The van der Waals surface area contributed by atoms with Crippen LogP contribution in [0.5, 0.6) is 0 Å². The SMILES string of the molecule is CCn1c(=C(C#N)C(=O)NCC#N)sc(=CNc2cccc(NC(=O)CN(C)CCOC)c2)c1=O. The lowest BCUT2D eigenvalue weighted by Crippen LogP contribution is -2.34. The number of likely N-dealkylation sites (N-methyl/N-ethyl adjacent to an activating group) is 1. The molecule has 0 atom stereocenters. The summed E-state index contributed by atoms with van der Waals surface area (Å²) in [6.07, 6.45) is 1.49. The summed E-state index contributed by atoms with van der Waals surface area (Å²) in [5.41, 5.74) is 0.623. The fourth-order valence-electron chi connectivity index (χ4n) is 3.00. The van der Waals surface area contributed by atoms with Crippen molar-refractivity contribution in [1.29, 1.82) is 10.5 Å². The third-order valence-electron chi connectivity index (χ3n) is 4.71. The molecule has 35 heavy (non-hydrogen) atoms. The van der Waals surface area contributed by atoms with Crippen LogP contribution in [0.25, 0.3) is 11.8 Å². The quantitative estimate of drug-likeness (QED) is 0.355. The molecule has 0 aliphatic heterocycles. The molecule has 12 heteroatoms. The molecule has 0 unspecified atom stereocenters. The second-order valence-electron chi connectivity index (χ2n) is 7.30. The number of hydrogen-bond acceptors (Lipinski definition) is 9. The molecule has 0 aliphatic carbocycles. The molecular formula is C23H27N7O4S. The molecule has 0 fully saturated rings. The van der Waals surface area contributed by atoms with Gasteiger partial charge < -0.3 is 20.7 Å². The first kappa shape index (κ1) is 27.3. The fourth-order valence-corrected chi connectivity index (χ4v) is 4.09. The largest absolute Gasteiger partial charge is 0.383 e. The van der Waals surface area contributed by atoms with Crippen LogP contribution in [0.1, 0.15) is 6.92 Å². The van der Waals surface area contributed by atoms with Crippen LogP contribution in [0, 0.1) is 22.7 Å². The van der Waals surface area contributed by atoms with Gasteiger partial charge in [0.1, 0.15) is 21.8 Å². The zero-order chi connectivity index (χ0) is 25.8. The molecule has 1 aromatic heterocycles. The Bertz CT molecular complexity index is 1320. The lowest BCUT2D eigenvalue weighted by molar-refractivity contribution is -0.117. The smallest absolute Gasteiger partial charge is 0.270 e. The predicted molar refractivity (Wildman–Crippen MR) is 134 cm³/mol. The summed E-state index contributed by atoms with van der Waals surface area (Å²) in [5, 5.41) is 26.3. The van der Waals surface area contributed by atoms with Crippen molar-refractivity contribution in [2.75, 3.05) is 51.0 Å². The maximum absolute atomic E-state index is 12.8. The van der Waals surface area contributed by atoms with Crippen LogP contribution in [0.15, 0.2) is 29.1 Å². The van der Waals surface area contributed by atoms with Gasteiger partial charge in [0.25, 0.3) is 11.5 Å². The third-order valence-corrected chi connectivity index (χ3v) is 5.84. The average molecular weight is 498 g/mol. The Morgan fingerprint density at radius 3 is 2.69 bits per heavy atom. The molecule has 0 saturated carbocycles. The van der Waals surface area contributed by atoms with E-state index in [1.165, 1.54) is 10.8 Å². The minimum atomic E-state index is -0.715. The van der Waals surface area contributed by atoms with Crippen LogP contribution in [0.4, 0.5) is 11.4 Å². The van der Waals surface area contributed by atoms with Crippen molar-refractivity contribution in [3.8, 4) is 12.1 Å². The summed E-state index contributed by atoms with van der Waals surface area (Å²) in [6, 6.07) is 10.6. The molecule has 184 valence electrons. The van der Waals surface area contributed by atoms with E-state index in [1.54, 1.807) is 44.4 Å². The summed E-state index contributed by atoms with van der Waals surface area (Å²) < 4.78 is 6.84. The molecule has 1 heterocycles. The van der Waals surface area contributed by atoms with Crippen molar-refractivity contribution in [3.05, 3.63) is 43.8 Å². The average Bonchev–Trinajstić information content (AvgIpc) is 3.15. The highest BCUT2D eigenvalue weighted by atomic mass is 32.1. The van der Waals surface area contributed by atoms with Crippen molar-refractivity contribution in [1.82, 2.24) is 14.8 Å². The number of hydrogen-bond donors (Lipinski definition) is 3. The van der Waals surface area contributed by atoms with Gasteiger partial charge in [-0.1, -0.05) is 6.07 Å². The Kier molecular flexibility index (Phi) is 10.7. The summed E-state index contributed by atoms with van der Waals surface area (Å²) in [6.45, 7) is 3.11. The van der Waals surface area contributed by atoms with E-state index in [4.69, 9.17) is 10.00 Å². The number of methoxy groups -OCH3 is 1. The second kappa shape index (κ2) is 13.7. The van der Waals surface area contributed by atoms with Crippen molar-refractivity contribution < 1.29 is 14.3 Å². The molecule has 0 bridgehead atoms. The molecule has 0 radical (unpaired) electrons. The maximum Gasteiger partial charge on any atom is 0.270 e. The number of nitriles is 2. The zero-order valence-electron chi connectivity index (χ0n) is 19.8. The summed E-state index contributed by atoms with van der Waals surface area (Å²) in [4.78, 5) is 39.2. The van der Waals surface area contributed by atoms with Crippen LogP contribution < -0.4 is 30.7 Å². The van der Waals surface area contributed by atoms with E-state index in [1.807, 2.05) is 18.0 Å². The van der Waals surface area contributed by atoms with Crippen LogP contribution >= 0.6 is 11.3 Å². The van der Waals surface area contributed by atoms with E-state index >= 15 is 0 Å². The number of carbonyl (C=O) groups excluding carboxylic acids is 2. The van der Waals surface area contributed by atoms with Gasteiger partial charge in [-0.15, -0.1) is 11.3 Å². The van der Waals surface area contributed by atoms with Crippen molar-refractivity contribution >= 4 is 46.3 Å². The molecule has 2 amide bonds. The van der Waals surface area contributed by atoms with Gasteiger partial charge in [0.15, 0.2) is 5.57 Å². The van der Waals surface area contributed by atoms with E-state index in [0.29, 0.717) is 24.5 Å². The summed E-state index contributed by atoms with van der Waals surface area (Å²) in [5.74, 6) is -0.888. The van der Waals surface area contributed by atoms with Crippen LogP contribution in [-0.2, 0) is 20.9 Å². The van der Waals surface area contributed by atoms with Gasteiger partial charge >= 0.3 is 0 Å². The van der Waals surface area contributed by atoms with Gasteiger partial charge in [-0.25, -0.2) is 0 Å². The van der Waals surface area contributed by atoms with E-state index in [0.717, 1.165) is 11.3 Å². The molecule has 2 rings (SSSR count). The highest BCUT2D eigenvalue weighted by Crippen LogP contribution is 2.15. The minimum Gasteiger partial charge on any atom is -0.383 e. The molecule has 11 nitrogen and oxygen atoms in total. The normalized spacial score (nSPS) is 12.0. The van der Waals surface area contributed by atoms with E-state index in [2.05, 4.69) is 16.0 Å². The van der Waals surface area contributed by atoms with E-state index in [9.17, 15) is 19.6 Å². The van der Waals surface area contributed by atoms with Crippen LogP contribution in [0.3, 0.4) is 0 Å². The van der Waals surface area contributed by atoms with Gasteiger partial charge in [-0.2, -0.15) is 10.5 Å². The number of benzene rings is 1. The summed E-state index contributed by atoms with van der Waals surface area (Å²) >= 11 is 0.996.